The molecule has 0 aliphatic rings. The lowest BCUT2D eigenvalue weighted by Gasteiger charge is -2.08. The first-order valence-electron chi connectivity index (χ1n) is 7.39. The number of amides is 2. The zero-order chi connectivity index (χ0) is 18.8. The third kappa shape index (κ3) is 3.44. The van der Waals surface area contributed by atoms with Crippen molar-refractivity contribution < 1.29 is 29.4 Å². The van der Waals surface area contributed by atoms with E-state index in [1.165, 1.54) is 0 Å². The average Bonchev–Trinajstić information content (AvgIpc) is 2.59. The fourth-order valence-corrected chi connectivity index (χ4v) is 2.52. The molecule has 0 aliphatic carbocycles. The third-order valence-corrected chi connectivity index (χ3v) is 3.70. The molecule has 0 heterocycles. The number of carbonyl (C=O) groups is 4. The highest BCUT2D eigenvalue weighted by Gasteiger charge is 2.12. The molecule has 8 nitrogen and oxygen atoms in total. The molecule has 3 rings (SSSR count). The normalized spacial score (nSPS) is 10.5. The number of hydrogen-bond acceptors (Lipinski definition) is 4. The maximum atomic E-state index is 11.2. The Bertz CT molecular complexity index is 1000. The fraction of sp³-hybridized carbons (Fsp3) is 0. The number of rotatable bonds is 2. The molecule has 0 atom stereocenters. The number of benzene rings is 3. The van der Waals surface area contributed by atoms with Crippen LogP contribution in [0.3, 0.4) is 0 Å². The molecular formula is C18H12N2O6. The lowest BCUT2D eigenvalue weighted by atomic mass is 10.0. The summed E-state index contributed by atoms with van der Waals surface area (Å²) in [6.07, 6.45) is 0. The van der Waals surface area contributed by atoms with Crippen molar-refractivity contribution in [1.82, 2.24) is 0 Å². The molecule has 0 spiro atoms. The minimum Gasteiger partial charge on any atom is -0.474 e. The zero-order valence-electron chi connectivity index (χ0n) is 13.1. The molecule has 2 amide bonds. The first-order chi connectivity index (χ1) is 12.3. The molecule has 0 fully saturated rings. The van der Waals surface area contributed by atoms with Gasteiger partial charge in [-0.3, -0.25) is 9.59 Å². The Morgan fingerprint density at radius 1 is 0.577 bits per heavy atom. The summed E-state index contributed by atoms with van der Waals surface area (Å²) in [5, 5.41) is 25.1. The van der Waals surface area contributed by atoms with Gasteiger partial charge in [0.25, 0.3) is 0 Å². The molecule has 8 heteroatoms. The third-order valence-electron chi connectivity index (χ3n) is 3.70. The van der Waals surface area contributed by atoms with E-state index in [0.717, 1.165) is 21.5 Å². The Hall–Kier alpha value is -3.94. The van der Waals surface area contributed by atoms with Crippen molar-refractivity contribution in [2.45, 2.75) is 0 Å². The van der Waals surface area contributed by atoms with Gasteiger partial charge in [-0.2, -0.15) is 0 Å². The molecule has 3 aromatic carbocycles. The second-order valence-corrected chi connectivity index (χ2v) is 5.49. The topological polar surface area (TPSA) is 133 Å². The van der Waals surface area contributed by atoms with Crippen LogP contribution in [-0.2, 0) is 19.2 Å². The maximum Gasteiger partial charge on any atom is 0.394 e. The van der Waals surface area contributed by atoms with Gasteiger partial charge in [-0.25, -0.2) is 9.59 Å². The molecule has 4 N–H and O–H groups in total. The lowest BCUT2D eigenvalue weighted by Crippen LogP contribution is -2.21. The number of hydrogen-bond donors (Lipinski definition) is 4. The van der Waals surface area contributed by atoms with Crippen molar-refractivity contribution in [3.8, 4) is 0 Å². The van der Waals surface area contributed by atoms with Gasteiger partial charge < -0.3 is 20.8 Å². The summed E-state index contributed by atoms with van der Waals surface area (Å²) in [5.74, 6) is -5.38. The highest BCUT2D eigenvalue weighted by molar-refractivity contribution is 6.37. The predicted octanol–water partition coefficient (Wildman–Crippen LogP) is 2.04. The van der Waals surface area contributed by atoms with Gasteiger partial charge in [0.1, 0.15) is 0 Å². The molecule has 0 saturated heterocycles. The molecule has 0 radical (unpaired) electrons. The van der Waals surface area contributed by atoms with Gasteiger partial charge in [0, 0.05) is 11.4 Å². The van der Waals surface area contributed by atoms with Crippen molar-refractivity contribution in [2.24, 2.45) is 0 Å². The molecule has 0 bridgehead atoms. The van der Waals surface area contributed by atoms with Gasteiger partial charge in [-0.15, -0.1) is 0 Å². The van der Waals surface area contributed by atoms with E-state index >= 15 is 0 Å². The van der Waals surface area contributed by atoms with Crippen LogP contribution in [0.2, 0.25) is 0 Å². The van der Waals surface area contributed by atoms with Gasteiger partial charge in [-0.1, -0.05) is 12.1 Å². The van der Waals surface area contributed by atoms with E-state index in [2.05, 4.69) is 10.6 Å². The van der Waals surface area contributed by atoms with Crippen LogP contribution in [0.25, 0.3) is 21.5 Å². The summed E-state index contributed by atoms with van der Waals surface area (Å²) in [6.45, 7) is 0. The van der Waals surface area contributed by atoms with Crippen LogP contribution in [0.15, 0.2) is 48.5 Å². The first-order valence-corrected chi connectivity index (χ1v) is 7.39. The van der Waals surface area contributed by atoms with E-state index in [-0.39, 0.29) is 0 Å². The summed E-state index contributed by atoms with van der Waals surface area (Å²) in [5.41, 5.74) is 0.712. The van der Waals surface area contributed by atoms with E-state index in [4.69, 9.17) is 10.2 Å². The Morgan fingerprint density at radius 2 is 0.962 bits per heavy atom. The summed E-state index contributed by atoms with van der Waals surface area (Å²) in [7, 11) is 0. The SMILES string of the molecule is O=C(O)C(=O)Nc1ccc2cc3cc(NC(=O)C(=O)O)ccc3cc2c1. The van der Waals surface area contributed by atoms with E-state index < -0.39 is 23.8 Å². The number of carboxylic acid groups (broad SMARTS) is 2. The summed E-state index contributed by atoms with van der Waals surface area (Å²) < 4.78 is 0. The van der Waals surface area contributed by atoms with Crippen LogP contribution in [0.5, 0.6) is 0 Å². The van der Waals surface area contributed by atoms with E-state index in [0.29, 0.717) is 11.4 Å². The minimum atomic E-state index is -1.57. The van der Waals surface area contributed by atoms with Crippen molar-refractivity contribution in [3.05, 3.63) is 48.5 Å². The predicted molar refractivity (Wildman–Crippen MR) is 94.0 cm³/mol. The Balaban J connectivity index is 1.97. The Morgan fingerprint density at radius 3 is 1.31 bits per heavy atom. The van der Waals surface area contributed by atoms with Crippen LogP contribution in [-0.4, -0.2) is 34.0 Å². The van der Waals surface area contributed by atoms with Gasteiger partial charge >= 0.3 is 23.8 Å². The number of anilines is 2. The summed E-state index contributed by atoms with van der Waals surface area (Å²) >= 11 is 0. The quantitative estimate of drug-likeness (QED) is 0.412. The van der Waals surface area contributed by atoms with Crippen LogP contribution in [0.1, 0.15) is 0 Å². The van der Waals surface area contributed by atoms with Crippen molar-refractivity contribution in [1.29, 1.82) is 0 Å². The highest BCUT2D eigenvalue weighted by Crippen LogP contribution is 2.27. The van der Waals surface area contributed by atoms with Crippen LogP contribution >= 0.6 is 0 Å². The minimum absolute atomic E-state index is 0.356. The van der Waals surface area contributed by atoms with E-state index in [1.54, 1.807) is 36.4 Å². The molecule has 0 aromatic heterocycles. The van der Waals surface area contributed by atoms with Gasteiger partial charge in [0.15, 0.2) is 0 Å². The fourth-order valence-electron chi connectivity index (χ4n) is 2.52. The first kappa shape index (κ1) is 16.9. The van der Waals surface area contributed by atoms with Crippen LogP contribution in [0, 0.1) is 0 Å². The molecule has 0 aliphatic heterocycles. The van der Waals surface area contributed by atoms with Gasteiger partial charge in [-0.05, 0) is 57.9 Å². The summed E-state index contributed by atoms with van der Waals surface area (Å²) in [6, 6.07) is 13.6. The van der Waals surface area contributed by atoms with Crippen LogP contribution < -0.4 is 10.6 Å². The Labute approximate surface area is 146 Å². The van der Waals surface area contributed by atoms with Crippen molar-refractivity contribution >= 4 is 56.7 Å². The average molecular weight is 352 g/mol. The second-order valence-electron chi connectivity index (χ2n) is 5.49. The van der Waals surface area contributed by atoms with Gasteiger partial charge in [0.05, 0.1) is 0 Å². The smallest absolute Gasteiger partial charge is 0.394 e. The van der Waals surface area contributed by atoms with Crippen LogP contribution in [0.4, 0.5) is 11.4 Å². The second kappa shape index (κ2) is 6.52. The highest BCUT2D eigenvalue weighted by atomic mass is 16.4. The van der Waals surface area contributed by atoms with E-state index in [9.17, 15) is 19.2 Å². The summed E-state index contributed by atoms with van der Waals surface area (Å²) in [4.78, 5) is 43.7. The molecule has 26 heavy (non-hydrogen) atoms. The largest absolute Gasteiger partial charge is 0.474 e. The van der Waals surface area contributed by atoms with E-state index in [1.807, 2.05) is 12.1 Å². The molecule has 3 aromatic rings. The monoisotopic (exact) mass is 352 g/mol. The molecule has 0 unspecified atom stereocenters. The maximum absolute atomic E-state index is 11.2. The molecule has 0 saturated carbocycles. The van der Waals surface area contributed by atoms with Crippen molar-refractivity contribution in [2.75, 3.05) is 10.6 Å². The molecular weight excluding hydrogens is 340 g/mol. The number of fused-ring (bicyclic) bond motifs is 2. The lowest BCUT2D eigenvalue weighted by molar-refractivity contribution is -0.147. The number of carbonyl (C=O) groups excluding carboxylic acids is 2. The van der Waals surface area contributed by atoms with Gasteiger partial charge in [0.2, 0.25) is 0 Å². The van der Waals surface area contributed by atoms with Crippen molar-refractivity contribution in [3.63, 3.8) is 0 Å². The Kier molecular flexibility index (Phi) is 4.24. The number of carboxylic acids is 2. The number of nitrogens with one attached hydrogen (secondary N) is 2. The molecule has 130 valence electrons. The number of aliphatic carboxylic acids is 2. The standard InChI is InChI=1S/C18H12N2O6/c21-15(17(23)24)19-13-3-1-9-5-12-8-14(20-16(22)18(25)26)4-2-10(12)6-11(9)7-13/h1-8H,(H,19,21)(H,20,22)(H,23,24)(H,25,26). The zero-order valence-corrected chi connectivity index (χ0v) is 13.1.